The van der Waals surface area contributed by atoms with Crippen molar-refractivity contribution in [2.24, 2.45) is 0 Å². The first-order chi connectivity index (χ1) is 15.5. The molecular weight excluding hydrogens is 450 g/mol. The topological polar surface area (TPSA) is 96.4 Å². The zero-order valence-corrected chi connectivity index (χ0v) is 18.9. The van der Waals surface area contributed by atoms with Gasteiger partial charge in [0.05, 0.1) is 12.6 Å². The summed E-state index contributed by atoms with van der Waals surface area (Å²) < 4.78 is 5.43. The smallest absolute Gasteiger partial charge is 0.322 e. The van der Waals surface area contributed by atoms with Crippen LogP contribution in [-0.4, -0.2) is 40.2 Å². The molecule has 0 aliphatic carbocycles. The zero-order valence-electron chi connectivity index (χ0n) is 17.4. The molecule has 2 aromatic carbocycles. The monoisotopic (exact) mass is 471 g/mol. The van der Waals surface area contributed by atoms with E-state index in [1.54, 1.807) is 41.3 Å². The number of carbonyl (C=O) groups excluding carboxylic acids is 2. The first kappa shape index (κ1) is 22.0. The third-order valence-corrected chi connectivity index (χ3v) is 6.19. The number of nitrogens with zero attached hydrogens (tertiary/aromatic N) is 3. The summed E-state index contributed by atoms with van der Waals surface area (Å²) in [7, 11) is 0. The predicted octanol–water partition coefficient (Wildman–Crippen LogP) is 5.21. The number of rotatable bonds is 6. The lowest BCUT2D eigenvalue weighted by Crippen LogP contribution is -2.34. The molecule has 1 fully saturated rings. The molecular formula is C22H22ClN5O3S. The van der Waals surface area contributed by atoms with Crippen LogP contribution in [0.3, 0.4) is 0 Å². The summed E-state index contributed by atoms with van der Waals surface area (Å²) in [5.41, 5.74) is 1.26. The average Bonchev–Trinajstić information content (AvgIpc) is 3.45. The van der Waals surface area contributed by atoms with Gasteiger partial charge in [-0.15, -0.1) is 10.2 Å². The van der Waals surface area contributed by atoms with E-state index in [0.29, 0.717) is 34.6 Å². The van der Waals surface area contributed by atoms with Crippen LogP contribution in [0.4, 0.5) is 16.2 Å². The maximum absolute atomic E-state index is 12.9. The van der Waals surface area contributed by atoms with Crippen molar-refractivity contribution in [1.29, 1.82) is 0 Å². The fourth-order valence-electron chi connectivity index (χ4n) is 3.47. The third kappa shape index (κ3) is 5.17. The molecule has 0 unspecified atom stereocenters. The largest absolute Gasteiger partial charge is 0.494 e. The van der Waals surface area contributed by atoms with Gasteiger partial charge in [-0.2, -0.15) is 0 Å². The van der Waals surface area contributed by atoms with Crippen molar-refractivity contribution in [3.63, 3.8) is 0 Å². The van der Waals surface area contributed by atoms with E-state index in [1.807, 2.05) is 19.1 Å². The number of amides is 3. The molecule has 32 heavy (non-hydrogen) atoms. The Morgan fingerprint density at radius 2 is 1.97 bits per heavy atom. The summed E-state index contributed by atoms with van der Waals surface area (Å²) in [6, 6.07) is 13.7. The summed E-state index contributed by atoms with van der Waals surface area (Å²) in [5.74, 6) is 0.390. The number of carbonyl (C=O) groups is 2. The summed E-state index contributed by atoms with van der Waals surface area (Å²) in [6.07, 6.45) is 1.62. The second-order valence-electron chi connectivity index (χ2n) is 7.15. The SMILES string of the molecule is CCOc1ccc(NC(=O)N2CCC[C@@H]2c2nnc(C(=O)Nc3cccc(Cl)c3)s2)cc1. The first-order valence-corrected chi connectivity index (χ1v) is 11.4. The molecule has 1 aliphatic heterocycles. The highest BCUT2D eigenvalue weighted by molar-refractivity contribution is 7.13. The van der Waals surface area contributed by atoms with Gasteiger partial charge < -0.3 is 20.3 Å². The van der Waals surface area contributed by atoms with Gasteiger partial charge in [0.2, 0.25) is 5.01 Å². The number of urea groups is 1. The third-order valence-electron chi connectivity index (χ3n) is 4.93. The molecule has 2 N–H and O–H groups in total. The van der Waals surface area contributed by atoms with Gasteiger partial charge in [-0.25, -0.2) is 4.79 Å². The molecule has 4 rings (SSSR count). The number of halogens is 1. The van der Waals surface area contributed by atoms with Crippen molar-refractivity contribution in [2.75, 3.05) is 23.8 Å². The van der Waals surface area contributed by atoms with E-state index in [9.17, 15) is 9.59 Å². The van der Waals surface area contributed by atoms with Crippen LogP contribution in [0.2, 0.25) is 5.02 Å². The lowest BCUT2D eigenvalue weighted by molar-refractivity contribution is 0.102. The Labute approximate surface area is 194 Å². The van der Waals surface area contributed by atoms with Crippen LogP contribution in [0.5, 0.6) is 5.75 Å². The normalized spacial score (nSPS) is 15.4. The summed E-state index contributed by atoms with van der Waals surface area (Å²) >= 11 is 7.15. The van der Waals surface area contributed by atoms with Crippen molar-refractivity contribution >= 4 is 46.3 Å². The van der Waals surface area contributed by atoms with E-state index in [0.717, 1.165) is 18.6 Å². The first-order valence-electron chi connectivity index (χ1n) is 10.2. The predicted molar refractivity (Wildman–Crippen MR) is 125 cm³/mol. The number of aromatic nitrogens is 2. The van der Waals surface area contributed by atoms with Crippen molar-refractivity contribution in [3.05, 3.63) is 63.6 Å². The molecule has 1 atom stereocenters. The maximum Gasteiger partial charge on any atom is 0.322 e. The minimum atomic E-state index is -0.362. The Hall–Kier alpha value is -3.17. The van der Waals surface area contributed by atoms with E-state index >= 15 is 0 Å². The highest BCUT2D eigenvalue weighted by Gasteiger charge is 2.33. The quantitative estimate of drug-likeness (QED) is 0.514. The average molecular weight is 472 g/mol. The van der Waals surface area contributed by atoms with E-state index in [2.05, 4.69) is 20.8 Å². The summed E-state index contributed by atoms with van der Waals surface area (Å²) in [4.78, 5) is 27.1. The summed E-state index contributed by atoms with van der Waals surface area (Å²) in [5, 5.41) is 15.3. The van der Waals surface area contributed by atoms with Gasteiger partial charge in [0.15, 0.2) is 0 Å². The lowest BCUT2D eigenvalue weighted by Gasteiger charge is -2.23. The Morgan fingerprint density at radius 3 is 2.72 bits per heavy atom. The van der Waals surface area contributed by atoms with Crippen LogP contribution < -0.4 is 15.4 Å². The van der Waals surface area contributed by atoms with E-state index in [4.69, 9.17) is 16.3 Å². The molecule has 1 aromatic heterocycles. The Morgan fingerprint density at radius 1 is 1.16 bits per heavy atom. The number of likely N-dealkylation sites (tertiary alicyclic amines) is 1. The number of benzene rings is 2. The fourth-order valence-corrected chi connectivity index (χ4v) is 4.55. The Bertz CT molecular complexity index is 1100. The van der Waals surface area contributed by atoms with Crippen molar-refractivity contribution in [2.45, 2.75) is 25.8 Å². The van der Waals surface area contributed by atoms with Crippen LogP contribution in [0.1, 0.15) is 40.6 Å². The lowest BCUT2D eigenvalue weighted by atomic mass is 10.2. The standard InChI is InChI=1S/C22H22ClN5O3S/c1-2-31-17-10-8-15(9-11-17)25-22(30)28-12-4-7-18(28)20-26-27-21(32-20)19(29)24-16-6-3-5-14(23)13-16/h3,5-6,8-11,13,18H,2,4,7,12H2,1H3,(H,24,29)(H,25,30)/t18-/m1/s1. The van der Waals surface area contributed by atoms with Gasteiger partial charge >= 0.3 is 6.03 Å². The van der Waals surface area contributed by atoms with Gasteiger partial charge in [0.25, 0.3) is 5.91 Å². The van der Waals surface area contributed by atoms with Crippen LogP contribution in [-0.2, 0) is 0 Å². The highest BCUT2D eigenvalue weighted by atomic mass is 35.5. The van der Waals surface area contributed by atoms with Crippen LogP contribution in [0.25, 0.3) is 0 Å². The van der Waals surface area contributed by atoms with E-state index in [1.165, 1.54) is 11.3 Å². The number of anilines is 2. The minimum Gasteiger partial charge on any atom is -0.494 e. The van der Waals surface area contributed by atoms with Crippen molar-refractivity contribution < 1.29 is 14.3 Å². The van der Waals surface area contributed by atoms with E-state index in [-0.39, 0.29) is 23.0 Å². The molecule has 0 radical (unpaired) electrons. The molecule has 3 amide bonds. The molecule has 0 saturated carbocycles. The number of hydrogen-bond donors (Lipinski definition) is 2. The fraction of sp³-hybridized carbons (Fsp3) is 0.273. The van der Waals surface area contributed by atoms with Gasteiger partial charge in [0, 0.05) is 22.9 Å². The van der Waals surface area contributed by atoms with Crippen LogP contribution >= 0.6 is 22.9 Å². The second kappa shape index (κ2) is 9.97. The van der Waals surface area contributed by atoms with Gasteiger partial charge in [-0.1, -0.05) is 29.0 Å². The van der Waals surface area contributed by atoms with Gasteiger partial charge in [-0.3, -0.25) is 4.79 Å². The molecule has 1 saturated heterocycles. The van der Waals surface area contributed by atoms with Gasteiger partial charge in [0.1, 0.15) is 10.8 Å². The highest BCUT2D eigenvalue weighted by Crippen LogP contribution is 2.34. The minimum absolute atomic E-state index is 0.211. The van der Waals surface area contributed by atoms with Crippen molar-refractivity contribution in [3.8, 4) is 5.75 Å². The number of nitrogens with one attached hydrogen (secondary N) is 2. The molecule has 8 nitrogen and oxygen atoms in total. The molecule has 2 heterocycles. The van der Waals surface area contributed by atoms with Crippen LogP contribution in [0.15, 0.2) is 48.5 Å². The van der Waals surface area contributed by atoms with E-state index < -0.39 is 0 Å². The molecule has 1 aliphatic rings. The molecule has 166 valence electrons. The van der Waals surface area contributed by atoms with Crippen molar-refractivity contribution in [1.82, 2.24) is 15.1 Å². The maximum atomic E-state index is 12.9. The molecule has 0 spiro atoms. The number of ether oxygens (including phenoxy) is 1. The Kier molecular flexibility index (Phi) is 6.87. The van der Waals surface area contributed by atoms with Crippen LogP contribution in [0, 0.1) is 0 Å². The molecule has 0 bridgehead atoms. The summed E-state index contributed by atoms with van der Waals surface area (Å²) in [6.45, 7) is 3.11. The van der Waals surface area contributed by atoms with Gasteiger partial charge in [-0.05, 0) is 62.2 Å². The molecule has 3 aromatic rings. The molecule has 10 heteroatoms. The number of hydrogen-bond acceptors (Lipinski definition) is 6. The zero-order chi connectivity index (χ0) is 22.5. The Balaban J connectivity index is 1.41. The second-order valence-corrected chi connectivity index (χ2v) is 8.59.